The normalized spacial score (nSPS) is 10.7. The van der Waals surface area contributed by atoms with Gasteiger partial charge in [-0.1, -0.05) is 73.8 Å². The van der Waals surface area contributed by atoms with Crippen LogP contribution in [-0.2, 0) is 0 Å². The van der Waals surface area contributed by atoms with Crippen molar-refractivity contribution in [2.45, 2.75) is 45.4 Å². The molecule has 0 heterocycles. The molecule has 0 aliphatic carbocycles. The predicted octanol–water partition coefficient (Wildman–Crippen LogP) is 6.39. The van der Waals surface area contributed by atoms with Crippen molar-refractivity contribution in [3.05, 3.63) is 27.2 Å². The van der Waals surface area contributed by atoms with Gasteiger partial charge in [-0.05, 0) is 18.6 Å². The molecule has 18 heavy (non-hydrogen) atoms. The van der Waals surface area contributed by atoms with E-state index in [2.05, 4.69) is 6.92 Å². The van der Waals surface area contributed by atoms with Crippen molar-refractivity contribution in [1.29, 1.82) is 0 Å². The van der Waals surface area contributed by atoms with Crippen molar-refractivity contribution in [2.24, 2.45) is 0 Å². The van der Waals surface area contributed by atoms with Gasteiger partial charge in [-0.25, -0.2) is 0 Å². The van der Waals surface area contributed by atoms with Crippen molar-refractivity contribution >= 4 is 34.8 Å². The van der Waals surface area contributed by atoms with Crippen molar-refractivity contribution in [3.63, 3.8) is 0 Å². The zero-order chi connectivity index (χ0) is 13.4. The van der Waals surface area contributed by atoms with E-state index in [1.54, 1.807) is 12.1 Å². The monoisotopic (exact) mass is 308 g/mol. The Hall–Kier alpha value is -0.110. The topological polar surface area (TPSA) is 9.23 Å². The first-order valence-electron chi connectivity index (χ1n) is 6.43. The lowest BCUT2D eigenvalue weighted by Gasteiger charge is -2.10. The summed E-state index contributed by atoms with van der Waals surface area (Å²) in [7, 11) is 0. The molecule has 0 aromatic heterocycles. The Balaban J connectivity index is 2.29. The van der Waals surface area contributed by atoms with Crippen molar-refractivity contribution in [2.75, 3.05) is 6.61 Å². The third kappa shape index (κ3) is 5.26. The van der Waals surface area contributed by atoms with E-state index >= 15 is 0 Å². The van der Waals surface area contributed by atoms with Gasteiger partial charge in [0.15, 0.2) is 5.75 Å². The molecule has 1 rings (SSSR count). The number of halogens is 3. The lowest BCUT2D eigenvalue weighted by molar-refractivity contribution is 0.305. The number of hydrogen-bond acceptors (Lipinski definition) is 1. The summed E-state index contributed by atoms with van der Waals surface area (Å²) < 4.78 is 5.61. The molecule has 1 nitrogen and oxygen atoms in total. The smallest absolute Gasteiger partial charge is 0.157 e. The standard InChI is InChI=1S/C14H19Cl3O/c1-2-3-4-5-6-7-10-18-14-12(16)9-8-11(15)13(14)17/h8-9H,2-7,10H2,1H3. The van der Waals surface area contributed by atoms with Crippen LogP contribution in [0.4, 0.5) is 0 Å². The maximum absolute atomic E-state index is 6.04. The molecule has 0 aliphatic rings. The van der Waals surface area contributed by atoms with Gasteiger partial charge in [-0.2, -0.15) is 0 Å². The molecule has 0 unspecified atom stereocenters. The Bertz CT molecular complexity index is 366. The van der Waals surface area contributed by atoms with Crippen molar-refractivity contribution in [1.82, 2.24) is 0 Å². The van der Waals surface area contributed by atoms with Crippen LogP contribution in [0.1, 0.15) is 45.4 Å². The third-order valence-corrected chi connectivity index (χ3v) is 3.83. The maximum Gasteiger partial charge on any atom is 0.157 e. The molecule has 1 aromatic rings. The minimum absolute atomic E-state index is 0.398. The molecule has 0 bridgehead atoms. The highest BCUT2D eigenvalue weighted by Gasteiger charge is 2.10. The van der Waals surface area contributed by atoms with E-state index in [1.165, 1.54) is 32.1 Å². The van der Waals surface area contributed by atoms with E-state index in [0.29, 0.717) is 27.4 Å². The van der Waals surface area contributed by atoms with Crippen LogP contribution >= 0.6 is 34.8 Å². The van der Waals surface area contributed by atoms with Gasteiger partial charge in [0.2, 0.25) is 0 Å². The van der Waals surface area contributed by atoms with E-state index in [0.717, 1.165) is 6.42 Å². The lowest BCUT2D eigenvalue weighted by Crippen LogP contribution is -1.98. The second kappa shape index (κ2) is 8.90. The molecule has 0 radical (unpaired) electrons. The Morgan fingerprint density at radius 1 is 0.889 bits per heavy atom. The summed E-state index contributed by atoms with van der Waals surface area (Å²) in [6.07, 6.45) is 7.33. The Labute approximate surface area is 124 Å². The Kier molecular flexibility index (Phi) is 7.88. The first-order chi connectivity index (χ1) is 8.66. The molecule has 102 valence electrons. The van der Waals surface area contributed by atoms with E-state index in [4.69, 9.17) is 39.5 Å². The molecule has 1 aromatic carbocycles. The van der Waals surface area contributed by atoms with Crippen LogP contribution in [-0.4, -0.2) is 6.61 Å². The summed E-state index contributed by atoms with van der Waals surface area (Å²) in [6.45, 7) is 2.85. The Morgan fingerprint density at radius 3 is 2.22 bits per heavy atom. The van der Waals surface area contributed by atoms with Gasteiger partial charge in [-0.3, -0.25) is 0 Å². The third-order valence-electron chi connectivity index (χ3n) is 2.75. The van der Waals surface area contributed by atoms with Crippen molar-refractivity contribution in [3.8, 4) is 5.75 Å². The van der Waals surface area contributed by atoms with E-state index in [1.807, 2.05) is 0 Å². The van der Waals surface area contributed by atoms with Crippen LogP contribution < -0.4 is 4.74 Å². The first kappa shape index (κ1) is 15.9. The van der Waals surface area contributed by atoms with Gasteiger partial charge in [0.05, 0.1) is 16.7 Å². The van der Waals surface area contributed by atoms with Crippen LogP contribution in [0.5, 0.6) is 5.75 Å². The van der Waals surface area contributed by atoms with Crippen LogP contribution in [0.3, 0.4) is 0 Å². The fourth-order valence-electron chi connectivity index (χ4n) is 1.70. The maximum atomic E-state index is 6.04. The summed E-state index contributed by atoms with van der Waals surface area (Å²) in [5.41, 5.74) is 0. The molecule has 0 saturated carbocycles. The van der Waals surface area contributed by atoms with Crippen LogP contribution in [0.25, 0.3) is 0 Å². The fraction of sp³-hybridized carbons (Fsp3) is 0.571. The van der Waals surface area contributed by atoms with Gasteiger partial charge in [0.1, 0.15) is 5.02 Å². The average Bonchev–Trinajstić information content (AvgIpc) is 2.36. The molecule has 0 atom stereocenters. The molecule has 0 saturated heterocycles. The van der Waals surface area contributed by atoms with E-state index in [9.17, 15) is 0 Å². The highest BCUT2D eigenvalue weighted by atomic mass is 35.5. The van der Waals surface area contributed by atoms with Gasteiger partial charge >= 0.3 is 0 Å². The molecule has 0 aliphatic heterocycles. The molecule has 4 heteroatoms. The highest BCUT2D eigenvalue weighted by molar-refractivity contribution is 6.44. The summed E-state index contributed by atoms with van der Waals surface area (Å²) in [4.78, 5) is 0. The largest absolute Gasteiger partial charge is 0.490 e. The van der Waals surface area contributed by atoms with Crippen LogP contribution in [0.15, 0.2) is 12.1 Å². The Morgan fingerprint density at radius 2 is 1.50 bits per heavy atom. The molecule has 0 amide bonds. The van der Waals surface area contributed by atoms with Crippen LogP contribution in [0, 0.1) is 0 Å². The zero-order valence-electron chi connectivity index (χ0n) is 10.6. The molecule has 0 N–H and O–H groups in total. The summed E-state index contributed by atoms with van der Waals surface area (Å²) in [5.74, 6) is 0.499. The van der Waals surface area contributed by atoms with Gasteiger partial charge in [0.25, 0.3) is 0 Å². The minimum atomic E-state index is 0.398. The number of unbranched alkanes of at least 4 members (excludes halogenated alkanes) is 5. The minimum Gasteiger partial charge on any atom is -0.490 e. The predicted molar refractivity (Wildman–Crippen MR) is 80.3 cm³/mol. The quantitative estimate of drug-likeness (QED) is 0.399. The summed E-state index contributed by atoms with van der Waals surface area (Å²) >= 11 is 18.0. The van der Waals surface area contributed by atoms with E-state index in [-0.39, 0.29) is 0 Å². The summed E-state index contributed by atoms with van der Waals surface area (Å²) in [5, 5.41) is 1.38. The molecular formula is C14H19Cl3O. The number of hydrogen-bond donors (Lipinski definition) is 0. The number of benzene rings is 1. The van der Waals surface area contributed by atoms with Crippen molar-refractivity contribution < 1.29 is 4.74 Å². The first-order valence-corrected chi connectivity index (χ1v) is 7.56. The highest BCUT2D eigenvalue weighted by Crippen LogP contribution is 2.38. The van der Waals surface area contributed by atoms with E-state index < -0.39 is 0 Å². The van der Waals surface area contributed by atoms with Gasteiger partial charge in [0, 0.05) is 0 Å². The lowest BCUT2D eigenvalue weighted by atomic mass is 10.1. The van der Waals surface area contributed by atoms with Gasteiger partial charge < -0.3 is 4.74 Å². The van der Waals surface area contributed by atoms with Crippen LogP contribution in [0.2, 0.25) is 15.1 Å². The average molecular weight is 310 g/mol. The number of rotatable bonds is 8. The number of ether oxygens (including phenoxy) is 1. The second-order valence-electron chi connectivity index (χ2n) is 4.29. The second-order valence-corrected chi connectivity index (χ2v) is 5.48. The zero-order valence-corrected chi connectivity index (χ0v) is 12.9. The fourth-order valence-corrected chi connectivity index (χ4v) is 2.33. The molecular weight excluding hydrogens is 291 g/mol. The molecule has 0 fully saturated rings. The van der Waals surface area contributed by atoms with Gasteiger partial charge in [-0.15, -0.1) is 0 Å². The summed E-state index contributed by atoms with van der Waals surface area (Å²) in [6, 6.07) is 3.37. The molecule has 0 spiro atoms. The SMILES string of the molecule is CCCCCCCCOc1c(Cl)ccc(Cl)c1Cl.